The van der Waals surface area contributed by atoms with E-state index in [9.17, 15) is 14.4 Å². The van der Waals surface area contributed by atoms with E-state index >= 15 is 0 Å². The van der Waals surface area contributed by atoms with E-state index in [0.717, 1.165) is 0 Å². The molecule has 2 rings (SSSR count). The van der Waals surface area contributed by atoms with Gasteiger partial charge in [0.25, 0.3) is 11.8 Å². The van der Waals surface area contributed by atoms with Crippen LogP contribution in [0.5, 0.6) is 5.75 Å². The van der Waals surface area contributed by atoms with Crippen LogP contribution in [0.1, 0.15) is 24.2 Å². The van der Waals surface area contributed by atoms with Gasteiger partial charge in [-0.15, -0.1) is 0 Å². The van der Waals surface area contributed by atoms with Crippen molar-refractivity contribution in [2.24, 2.45) is 0 Å². The molecule has 0 aliphatic carbocycles. The minimum Gasteiger partial charge on any atom is -0.492 e. The Morgan fingerprint density at radius 3 is 2.52 bits per heavy atom. The first-order valence-electron chi connectivity index (χ1n) is 8.77. The lowest BCUT2D eigenvalue weighted by molar-refractivity contribution is -0.152. The second kappa shape index (κ2) is 10.7. The second-order valence-corrected chi connectivity index (χ2v) is 6.70. The maximum atomic E-state index is 12.3. The maximum Gasteiger partial charge on any atom is 0.326 e. The van der Waals surface area contributed by atoms with Crippen molar-refractivity contribution in [2.45, 2.75) is 20.0 Å². The predicted molar refractivity (Wildman–Crippen MR) is 111 cm³/mol. The molecule has 1 atom stereocenters. The van der Waals surface area contributed by atoms with Crippen LogP contribution in [-0.4, -0.2) is 37.0 Å². The van der Waals surface area contributed by atoms with Gasteiger partial charge in [-0.1, -0.05) is 35.3 Å². The van der Waals surface area contributed by atoms with E-state index in [4.69, 9.17) is 32.7 Å². The highest BCUT2D eigenvalue weighted by molar-refractivity contribution is 6.36. The number of amides is 2. The number of anilines is 1. The largest absolute Gasteiger partial charge is 0.492 e. The fourth-order valence-electron chi connectivity index (χ4n) is 2.30. The summed E-state index contributed by atoms with van der Waals surface area (Å²) in [6.07, 6.45) is -1.08. The Morgan fingerprint density at radius 2 is 1.83 bits per heavy atom. The number of esters is 1. The molecule has 0 spiro atoms. The Kier molecular flexibility index (Phi) is 8.30. The van der Waals surface area contributed by atoms with E-state index in [1.165, 1.54) is 25.1 Å². The number of nitrogens with one attached hydrogen (secondary N) is 2. The summed E-state index contributed by atoms with van der Waals surface area (Å²) in [6.45, 7) is 3.27. The molecule has 0 fully saturated rings. The van der Waals surface area contributed by atoms with Gasteiger partial charge in [0.1, 0.15) is 12.3 Å². The lowest BCUT2D eigenvalue weighted by Crippen LogP contribution is -2.36. The van der Waals surface area contributed by atoms with Crippen molar-refractivity contribution in [3.05, 3.63) is 58.1 Å². The lowest BCUT2D eigenvalue weighted by atomic mass is 10.2. The normalized spacial score (nSPS) is 11.3. The Bertz CT molecular complexity index is 904. The van der Waals surface area contributed by atoms with E-state index in [2.05, 4.69) is 10.6 Å². The van der Waals surface area contributed by atoms with Crippen LogP contribution in [0.2, 0.25) is 10.0 Å². The maximum absolute atomic E-state index is 12.3. The molecule has 0 bridgehead atoms. The Morgan fingerprint density at radius 1 is 1.10 bits per heavy atom. The highest BCUT2D eigenvalue weighted by Crippen LogP contribution is 2.24. The number of hydrogen-bond acceptors (Lipinski definition) is 5. The number of benzene rings is 2. The van der Waals surface area contributed by atoms with Crippen molar-refractivity contribution in [2.75, 3.05) is 18.5 Å². The monoisotopic (exact) mass is 438 g/mol. The SMILES string of the molecule is CCOc1ccccc1NC(=O)C(C)OC(=O)CNC(=O)c1ccc(Cl)cc1Cl. The zero-order chi connectivity index (χ0) is 21.4. The molecule has 1 unspecified atom stereocenters. The van der Waals surface area contributed by atoms with E-state index in [-0.39, 0.29) is 10.6 Å². The Balaban J connectivity index is 1.87. The lowest BCUT2D eigenvalue weighted by Gasteiger charge is -2.16. The minimum atomic E-state index is -1.08. The first-order chi connectivity index (χ1) is 13.8. The zero-order valence-electron chi connectivity index (χ0n) is 15.8. The molecule has 7 nitrogen and oxygen atoms in total. The molecule has 0 aliphatic heterocycles. The molecule has 0 saturated carbocycles. The van der Waals surface area contributed by atoms with Crippen molar-refractivity contribution in [3.63, 3.8) is 0 Å². The molecule has 0 heterocycles. The standard InChI is InChI=1S/C20H20Cl2N2O5/c1-3-28-17-7-5-4-6-16(17)24-19(26)12(2)29-18(25)11-23-20(27)14-9-8-13(21)10-15(14)22/h4-10,12H,3,11H2,1-2H3,(H,23,27)(H,24,26). The summed E-state index contributed by atoms with van der Waals surface area (Å²) in [6, 6.07) is 11.3. The summed E-state index contributed by atoms with van der Waals surface area (Å²) < 4.78 is 10.5. The number of halogens is 2. The minimum absolute atomic E-state index is 0.157. The van der Waals surface area contributed by atoms with Crippen molar-refractivity contribution in [1.29, 1.82) is 0 Å². The van der Waals surface area contributed by atoms with Gasteiger partial charge in [-0.2, -0.15) is 0 Å². The first-order valence-corrected chi connectivity index (χ1v) is 9.52. The summed E-state index contributed by atoms with van der Waals surface area (Å²) in [5.41, 5.74) is 0.634. The first kappa shape index (κ1) is 22.5. The third-order valence-corrected chi connectivity index (χ3v) is 4.24. The highest BCUT2D eigenvalue weighted by atomic mass is 35.5. The summed E-state index contributed by atoms with van der Waals surface area (Å²) in [5.74, 6) is -1.36. The average molecular weight is 439 g/mol. The van der Waals surface area contributed by atoms with Crippen LogP contribution >= 0.6 is 23.2 Å². The number of ether oxygens (including phenoxy) is 2. The van der Waals surface area contributed by atoms with Gasteiger partial charge < -0.3 is 20.1 Å². The van der Waals surface area contributed by atoms with Crippen molar-refractivity contribution in [3.8, 4) is 5.75 Å². The number of carbonyl (C=O) groups excluding carboxylic acids is 3. The quantitative estimate of drug-likeness (QED) is 0.612. The molecule has 2 aromatic carbocycles. The molecule has 0 saturated heterocycles. The van der Waals surface area contributed by atoms with Crippen molar-refractivity contribution < 1.29 is 23.9 Å². The number of hydrogen-bond donors (Lipinski definition) is 2. The summed E-state index contributed by atoms with van der Waals surface area (Å²) in [4.78, 5) is 36.3. The fraction of sp³-hybridized carbons (Fsp3) is 0.250. The van der Waals surface area contributed by atoms with E-state index in [1.54, 1.807) is 24.3 Å². The van der Waals surface area contributed by atoms with Gasteiger partial charge in [0.05, 0.1) is 22.9 Å². The van der Waals surface area contributed by atoms with Gasteiger partial charge in [-0.05, 0) is 44.2 Å². The molecule has 2 N–H and O–H groups in total. The predicted octanol–water partition coefficient (Wildman–Crippen LogP) is 3.69. The molecular weight excluding hydrogens is 419 g/mol. The van der Waals surface area contributed by atoms with Crippen LogP contribution in [0.25, 0.3) is 0 Å². The molecule has 2 aromatic rings. The molecule has 0 aromatic heterocycles. The average Bonchev–Trinajstić information content (AvgIpc) is 2.67. The third kappa shape index (κ3) is 6.66. The molecule has 2 amide bonds. The number of carbonyl (C=O) groups is 3. The van der Waals surface area contributed by atoms with Gasteiger partial charge in [-0.25, -0.2) is 0 Å². The topological polar surface area (TPSA) is 93.7 Å². The van der Waals surface area contributed by atoms with E-state index < -0.39 is 30.4 Å². The van der Waals surface area contributed by atoms with Crippen LogP contribution in [0.3, 0.4) is 0 Å². The van der Waals surface area contributed by atoms with Crippen molar-refractivity contribution in [1.82, 2.24) is 5.32 Å². The smallest absolute Gasteiger partial charge is 0.326 e. The number of rotatable bonds is 8. The van der Waals surface area contributed by atoms with Gasteiger partial charge >= 0.3 is 5.97 Å². The molecule has 0 aliphatic rings. The zero-order valence-corrected chi connectivity index (χ0v) is 17.3. The molecule has 0 radical (unpaired) electrons. The van der Waals surface area contributed by atoms with Crippen LogP contribution < -0.4 is 15.4 Å². The van der Waals surface area contributed by atoms with Gasteiger partial charge in [-0.3, -0.25) is 14.4 Å². The van der Waals surface area contributed by atoms with Crippen LogP contribution in [0.4, 0.5) is 5.69 Å². The van der Waals surface area contributed by atoms with E-state index in [1.807, 2.05) is 6.92 Å². The number of para-hydroxylation sites is 2. The van der Waals surface area contributed by atoms with E-state index in [0.29, 0.717) is 23.1 Å². The highest BCUT2D eigenvalue weighted by Gasteiger charge is 2.20. The summed E-state index contributed by atoms with van der Waals surface area (Å²) in [7, 11) is 0. The van der Waals surface area contributed by atoms with Crippen LogP contribution in [0.15, 0.2) is 42.5 Å². The molecule has 29 heavy (non-hydrogen) atoms. The van der Waals surface area contributed by atoms with Crippen LogP contribution in [0, 0.1) is 0 Å². The van der Waals surface area contributed by atoms with Crippen molar-refractivity contribution >= 4 is 46.7 Å². The molecule has 9 heteroatoms. The summed E-state index contributed by atoms with van der Waals surface area (Å²) >= 11 is 11.7. The third-order valence-electron chi connectivity index (χ3n) is 3.69. The van der Waals surface area contributed by atoms with Gasteiger partial charge in [0.15, 0.2) is 6.10 Å². The van der Waals surface area contributed by atoms with Gasteiger partial charge in [0, 0.05) is 5.02 Å². The van der Waals surface area contributed by atoms with Gasteiger partial charge in [0.2, 0.25) is 0 Å². The molecular formula is C20H20Cl2N2O5. The molecule has 154 valence electrons. The second-order valence-electron chi connectivity index (χ2n) is 5.86. The Labute approximate surface area is 178 Å². The fourth-order valence-corrected chi connectivity index (χ4v) is 2.79. The van der Waals surface area contributed by atoms with Crippen LogP contribution in [-0.2, 0) is 14.3 Å². The Hall–Kier alpha value is -2.77. The summed E-state index contributed by atoms with van der Waals surface area (Å²) in [5, 5.41) is 5.57.